The minimum atomic E-state index is -0.777. The molecule has 0 aromatic heterocycles. The number of likely N-dealkylation sites (N-methyl/N-ethyl adjacent to an activating group) is 1. The molecule has 0 aliphatic carbocycles. The van der Waals surface area contributed by atoms with E-state index in [1.807, 2.05) is 7.05 Å². The van der Waals surface area contributed by atoms with E-state index in [1.165, 1.54) is 0 Å². The summed E-state index contributed by atoms with van der Waals surface area (Å²) in [5, 5.41) is 13.8. The van der Waals surface area contributed by atoms with Crippen LogP contribution < -0.4 is 5.32 Å². The minimum absolute atomic E-state index is 0.0111. The number of rotatable bonds is 5. The van der Waals surface area contributed by atoms with E-state index in [0.717, 1.165) is 56.1 Å². The number of ketones is 1. The van der Waals surface area contributed by atoms with Crippen LogP contribution >= 0.6 is 0 Å². The summed E-state index contributed by atoms with van der Waals surface area (Å²) < 4.78 is 60.2. The number of aliphatic hydroxyl groups is 1. The largest absolute Gasteiger partial charge is 0.392 e. The summed E-state index contributed by atoms with van der Waals surface area (Å²) in [4.78, 5) is 14.1. The van der Waals surface area contributed by atoms with Gasteiger partial charge in [0.05, 0.1) is 67.1 Å². The Morgan fingerprint density at radius 2 is 1.57 bits per heavy atom. The van der Waals surface area contributed by atoms with Gasteiger partial charge in [0, 0.05) is 58.1 Å². The number of hydrogen-bond donors (Lipinski definition) is 2. The van der Waals surface area contributed by atoms with E-state index >= 15 is 0 Å². The third kappa shape index (κ3) is 7.04. The zero-order chi connectivity index (χ0) is 36.6. The molecule has 296 valence electrons. The number of carbonyl (C=O) groups is 1. The molecule has 0 unspecified atom stereocenters. The number of nitrogens with one attached hydrogen (secondary N) is 1. The van der Waals surface area contributed by atoms with E-state index in [4.69, 9.17) is 42.6 Å². The van der Waals surface area contributed by atoms with E-state index < -0.39 is 11.9 Å². The number of hydrogen-bond acceptors (Lipinski definition) is 12. The maximum atomic E-state index is 14.1. The maximum Gasteiger partial charge on any atom is 0.172 e. The van der Waals surface area contributed by atoms with Crippen LogP contribution in [-0.4, -0.2) is 135 Å². The molecule has 0 saturated carbocycles. The zero-order valence-corrected chi connectivity index (χ0v) is 31.7. The van der Waals surface area contributed by atoms with Gasteiger partial charge in [-0.3, -0.25) is 4.79 Å². The van der Waals surface area contributed by atoms with Gasteiger partial charge in [-0.05, 0) is 69.1 Å². The van der Waals surface area contributed by atoms with E-state index in [2.05, 4.69) is 25.4 Å². The smallest absolute Gasteiger partial charge is 0.172 e. The van der Waals surface area contributed by atoms with Crippen molar-refractivity contribution in [1.82, 2.24) is 5.32 Å². The van der Waals surface area contributed by atoms with E-state index in [0.29, 0.717) is 45.1 Å². The highest BCUT2D eigenvalue weighted by molar-refractivity contribution is 5.79. The summed E-state index contributed by atoms with van der Waals surface area (Å²) in [6.07, 6.45) is 5.30. The Bertz CT molecular complexity index is 1400. The molecule has 0 aromatic carbocycles. The molecule has 19 atom stereocenters. The Hall–Kier alpha value is -1.29. The number of ether oxygens (including phenoxy) is 9. The SMILES string of the molecule is C=C1C[C@@H]2CC[C@@]34C[C@H]5O[C@H]6[C@@H](O3)[C@H]3O[C@H](CC[C@@H]3O[C@H]6[C@H]5O4)CC(=O)C[C@@H]3[C@@H](OC)[C@@H](C[C@H](O)CNC)O[C@H]3C[C@H]3O[C@@H](CC[C@@H]1O2)C[C@@H](C)C3=C. The number of methoxy groups -OCH3 is 1. The lowest BCUT2D eigenvalue weighted by atomic mass is 9.81. The van der Waals surface area contributed by atoms with Gasteiger partial charge in [-0.25, -0.2) is 0 Å². The van der Waals surface area contributed by atoms with Crippen LogP contribution in [0, 0.1) is 11.8 Å². The monoisotopic (exact) mass is 743 g/mol. The average Bonchev–Trinajstić information content (AvgIpc) is 3.80. The summed E-state index contributed by atoms with van der Waals surface area (Å²) in [5.41, 5.74) is 2.22. The Labute approximate surface area is 313 Å². The molecule has 12 nitrogen and oxygen atoms in total. The standard InChI is InChI=1S/C41H61NO11/c1-20-12-25-6-8-29-21(2)13-27(46-29)10-11-41-18-34-37(52-41)38-39(51-34)40(53-41)36-30(50-38)9-7-26(48-36)14-23(43)15-28-32(17-31(47-25)22(20)3)49-33(35(28)45-5)16-24(44)19-42-4/h20,24-40,42,44H,2-3,6-19H2,1,4-5H3/t20-,24+,25+,26-,27+,28+,29+,30+,31-,32+,33-,34-,35-,36+,37+,38+,39-,40+,41+/m1/s1. The van der Waals surface area contributed by atoms with Crippen LogP contribution in [0.3, 0.4) is 0 Å². The first kappa shape index (κ1) is 37.3. The van der Waals surface area contributed by atoms with Gasteiger partial charge < -0.3 is 53.1 Å². The molecule has 0 amide bonds. The number of fused-ring (bicyclic) bond motifs is 6. The number of carbonyl (C=O) groups excluding carboxylic acids is 1. The first-order valence-electron chi connectivity index (χ1n) is 20.6. The van der Waals surface area contributed by atoms with Gasteiger partial charge in [0.1, 0.15) is 36.3 Å². The van der Waals surface area contributed by atoms with Crippen molar-refractivity contribution < 1.29 is 52.5 Å². The molecule has 1 spiro atoms. The molecule has 0 radical (unpaired) electrons. The van der Waals surface area contributed by atoms with Crippen molar-refractivity contribution in [3.63, 3.8) is 0 Å². The van der Waals surface area contributed by atoms with E-state index in [1.54, 1.807) is 7.11 Å². The highest BCUT2D eigenvalue weighted by atomic mass is 16.8. The van der Waals surface area contributed by atoms with Crippen molar-refractivity contribution in [2.24, 2.45) is 11.8 Å². The summed E-state index contributed by atoms with van der Waals surface area (Å²) in [6, 6.07) is 0. The fourth-order valence-corrected chi connectivity index (χ4v) is 11.5. The molecular weight excluding hydrogens is 682 g/mol. The van der Waals surface area contributed by atoms with Crippen LogP contribution in [0.5, 0.6) is 0 Å². The van der Waals surface area contributed by atoms with Gasteiger partial charge in [0.15, 0.2) is 5.79 Å². The molecule has 10 aliphatic rings. The van der Waals surface area contributed by atoms with Crippen LogP contribution in [0.2, 0.25) is 0 Å². The Balaban J connectivity index is 0.990. The normalized spacial score (nSPS) is 51.6. The van der Waals surface area contributed by atoms with Crippen molar-refractivity contribution in [2.75, 3.05) is 20.7 Å². The summed E-state index contributed by atoms with van der Waals surface area (Å²) >= 11 is 0. The molecule has 12 heteroatoms. The lowest BCUT2D eigenvalue weighted by molar-refractivity contribution is -0.292. The molecule has 10 rings (SSSR count). The lowest BCUT2D eigenvalue weighted by Gasteiger charge is -2.47. The van der Waals surface area contributed by atoms with Crippen LogP contribution in [0.1, 0.15) is 90.4 Å². The van der Waals surface area contributed by atoms with Gasteiger partial charge in [-0.2, -0.15) is 0 Å². The lowest BCUT2D eigenvalue weighted by Crippen LogP contribution is -2.61. The van der Waals surface area contributed by atoms with Gasteiger partial charge in [0.25, 0.3) is 0 Å². The van der Waals surface area contributed by atoms with E-state index in [9.17, 15) is 9.90 Å². The fourth-order valence-electron chi connectivity index (χ4n) is 11.5. The topological polar surface area (TPSA) is 132 Å². The van der Waals surface area contributed by atoms with Crippen molar-refractivity contribution >= 4 is 5.78 Å². The van der Waals surface area contributed by atoms with Crippen LogP contribution in [-0.2, 0) is 47.4 Å². The fraction of sp³-hybridized carbons (Fsp3) is 0.878. The van der Waals surface area contributed by atoms with Crippen LogP contribution in [0.4, 0.5) is 0 Å². The first-order valence-corrected chi connectivity index (χ1v) is 20.6. The molecule has 10 aliphatic heterocycles. The van der Waals surface area contributed by atoms with Gasteiger partial charge in [0.2, 0.25) is 0 Å². The second-order valence-electron chi connectivity index (χ2n) is 17.7. The zero-order valence-electron chi connectivity index (χ0n) is 31.7. The Morgan fingerprint density at radius 3 is 2.40 bits per heavy atom. The first-order chi connectivity index (χ1) is 25.6. The van der Waals surface area contributed by atoms with Gasteiger partial charge in [-0.15, -0.1) is 0 Å². The molecule has 53 heavy (non-hydrogen) atoms. The molecular formula is C41H61NO11. The highest BCUT2D eigenvalue weighted by Crippen LogP contribution is 2.54. The van der Waals surface area contributed by atoms with Crippen molar-refractivity contribution in [2.45, 2.75) is 194 Å². The quantitative estimate of drug-likeness (QED) is 0.398. The van der Waals surface area contributed by atoms with Gasteiger partial charge >= 0.3 is 0 Å². The van der Waals surface area contributed by atoms with Crippen molar-refractivity contribution in [1.29, 1.82) is 0 Å². The molecule has 0 aromatic rings. The Kier molecular flexibility index (Phi) is 10.5. The minimum Gasteiger partial charge on any atom is -0.392 e. The van der Waals surface area contributed by atoms with Crippen molar-refractivity contribution in [3.05, 3.63) is 24.3 Å². The summed E-state index contributed by atoms with van der Waals surface area (Å²) in [6.45, 7) is 11.6. The van der Waals surface area contributed by atoms with E-state index in [-0.39, 0.29) is 109 Å². The predicted octanol–water partition coefficient (Wildman–Crippen LogP) is 3.70. The maximum absolute atomic E-state index is 14.1. The van der Waals surface area contributed by atoms with Gasteiger partial charge in [-0.1, -0.05) is 20.1 Å². The molecule has 12 bridgehead atoms. The number of aliphatic hydroxyl groups excluding tert-OH is 1. The third-order valence-corrected chi connectivity index (χ3v) is 14.1. The second kappa shape index (κ2) is 14.9. The average molecular weight is 744 g/mol. The third-order valence-electron chi connectivity index (χ3n) is 14.1. The van der Waals surface area contributed by atoms with Crippen LogP contribution in [0.25, 0.3) is 0 Å². The van der Waals surface area contributed by atoms with Crippen LogP contribution in [0.15, 0.2) is 24.3 Å². The summed E-state index contributed by atoms with van der Waals surface area (Å²) in [5.74, 6) is -0.573. The predicted molar refractivity (Wildman–Crippen MR) is 191 cm³/mol. The highest BCUT2D eigenvalue weighted by Gasteiger charge is 2.68. The molecule has 10 heterocycles. The molecule has 10 fully saturated rings. The van der Waals surface area contributed by atoms with Crippen molar-refractivity contribution in [3.8, 4) is 0 Å². The molecule has 2 N–H and O–H groups in total. The Morgan fingerprint density at radius 1 is 0.811 bits per heavy atom. The number of Topliss-reactive ketones (excluding diaryl/α,β-unsaturated/α-hetero) is 1. The molecule has 10 saturated heterocycles. The summed E-state index contributed by atoms with van der Waals surface area (Å²) in [7, 11) is 3.50. The second-order valence-corrected chi connectivity index (χ2v) is 17.7.